The molecule has 4 heteroatoms. The summed E-state index contributed by atoms with van der Waals surface area (Å²) < 4.78 is 5.39. The fourth-order valence-electron chi connectivity index (χ4n) is 2.21. The number of ether oxygens (including phenoxy) is 1. The van der Waals surface area contributed by atoms with Crippen LogP contribution in [0.1, 0.15) is 13.8 Å². The minimum absolute atomic E-state index is 0.929. The monoisotopic (exact) mass is 279 g/mol. The van der Waals surface area contributed by atoms with Crippen LogP contribution in [-0.4, -0.2) is 58.3 Å². The first-order chi connectivity index (χ1) is 9.72. The number of nitrogens with one attached hydrogen (secondary N) is 1. The summed E-state index contributed by atoms with van der Waals surface area (Å²) >= 11 is 0. The average molecular weight is 279 g/mol. The fourth-order valence-corrected chi connectivity index (χ4v) is 2.21. The maximum Gasteiger partial charge on any atom is 0.142 e. The van der Waals surface area contributed by atoms with E-state index in [1.807, 2.05) is 18.2 Å². The molecule has 1 N–H and O–H groups in total. The first-order valence-electron chi connectivity index (χ1n) is 7.50. The van der Waals surface area contributed by atoms with E-state index in [4.69, 9.17) is 4.74 Å². The topological polar surface area (TPSA) is 27.7 Å². The van der Waals surface area contributed by atoms with Gasteiger partial charge in [-0.1, -0.05) is 26.0 Å². The first-order valence-corrected chi connectivity index (χ1v) is 7.50. The van der Waals surface area contributed by atoms with Crippen LogP contribution < -0.4 is 15.0 Å². The maximum atomic E-state index is 5.39. The molecular weight excluding hydrogens is 250 g/mol. The number of rotatable bonds is 10. The van der Waals surface area contributed by atoms with Crippen molar-refractivity contribution in [3.63, 3.8) is 0 Å². The number of para-hydroxylation sites is 2. The zero-order valence-corrected chi connectivity index (χ0v) is 13.4. The van der Waals surface area contributed by atoms with Crippen molar-refractivity contribution in [3.8, 4) is 5.75 Å². The fraction of sp³-hybridized carbons (Fsp3) is 0.625. The van der Waals surface area contributed by atoms with Gasteiger partial charge in [-0.15, -0.1) is 0 Å². The van der Waals surface area contributed by atoms with Crippen LogP contribution >= 0.6 is 0 Å². The minimum atomic E-state index is 0.929. The molecule has 0 aliphatic carbocycles. The molecule has 0 unspecified atom stereocenters. The highest BCUT2D eigenvalue weighted by Gasteiger charge is 2.06. The Morgan fingerprint density at radius 2 is 1.70 bits per heavy atom. The normalized spacial score (nSPS) is 10.8. The smallest absolute Gasteiger partial charge is 0.142 e. The highest BCUT2D eigenvalue weighted by molar-refractivity contribution is 5.57. The summed E-state index contributed by atoms with van der Waals surface area (Å²) in [7, 11) is 3.82. The Morgan fingerprint density at radius 1 is 1.05 bits per heavy atom. The largest absolute Gasteiger partial charge is 0.495 e. The number of benzene rings is 1. The lowest BCUT2D eigenvalue weighted by atomic mass is 10.2. The molecule has 20 heavy (non-hydrogen) atoms. The van der Waals surface area contributed by atoms with Gasteiger partial charge in [0, 0.05) is 33.2 Å². The Kier molecular flexibility index (Phi) is 8.07. The van der Waals surface area contributed by atoms with Crippen molar-refractivity contribution in [1.29, 1.82) is 0 Å². The quantitative estimate of drug-likeness (QED) is 0.664. The average Bonchev–Trinajstić information content (AvgIpc) is 2.50. The third-order valence-corrected chi connectivity index (χ3v) is 3.62. The van der Waals surface area contributed by atoms with Gasteiger partial charge in [0.25, 0.3) is 0 Å². The van der Waals surface area contributed by atoms with Gasteiger partial charge in [0.05, 0.1) is 12.8 Å². The van der Waals surface area contributed by atoms with E-state index in [-0.39, 0.29) is 0 Å². The van der Waals surface area contributed by atoms with Gasteiger partial charge >= 0.3 is 0 Å². The van der Waals surface area contributed by atoms with Crippen LogP contribution in [0.25, 0.3) is 0 Å². The van der Waals surface area contributed by atoms with Gasteiger partial charge in [-0.25, -0.2) is 0 Å². The van der Waals surface area contributed by atoms with Crippen LogP contribution in [0.4, 0.5) is 5.69 Å². The summed E-state index contributed by atoms with van der Waals surface area (Å²) in [5.74, 6) is 0.929. The number of methoxy groups -OCH3 is 1. The summed E-state index contributed by atoms with van der Waals surface area (Å²) in [5, 5.41) is 3.50. The van der Waals surface area contributed by atoms with Crippen molar-refractivity contribution in [2.24, 2.45) is 0 Å². The van der Waals surface area contributed by atoms with E-state index in [9.17, 15) is 0 Å². The Morgan fingerprint density at radius 3 is 2.35 bits per heavy atom. The lowest BCUT2D eigenvalue weighted by molar-refractivity contribution is 0.303. The van der Waals surface area contributed by atoms with Crippen molar-refractivity contribution in [1.82, 2.24) is 10.2 Å². The van der Waals surface area contributed by atoms with E-state index in [1.165, 1.54) is 0 Å². The number of anilines is 1. The van der Waals surface area contributed by atoms with Gasteiger partial charge in [0.15, 0.2) is 0 Å². The number of hydrogen-bond acceptors (Lipinski definition) is 4. The molecule has 1 rings (SSSR count). The molecule has 4 nitrogen and oxygen atoms in total. The van der Waals surface area contributed by atoms with Crippen molar-refractivity contribution >= 4 is 5.69 Å². The molecule has 0 amide bonds. The van der Waals surface area contributed by atoms with E-state index in [0.29, 0.717) is 0 Å². The summed E-state index contributed by atoms with van der Waals surface area (Å²) in [6.45, 7) is 10.8. The SMILES string of the molecule is CCN(CC)CCNCCN(C)c1ccccc1OC. The summed E-state index contributed by atoms with van der Waals surface area (Å²) in [6.07, 6.45) is 0. The molecule has 0 aliphatic rings. The molecule has 0 spiro atoms. The van der Waals surface area contributed by atoms with Crippen molar-refractivity contribution in [2.75, 3.05) is 58.3 Å². The van der Waals surface area contributed by atoms with E-state index in [1.54, 1.807) is 7.11 Å². The van der Waals surface area contributed by atoms with Crippen LogP contribution in [0.2, 0.25) is 0 Å². The minimum Gasteiger partial charge on any atom is -0.495 e. The number of nitrogens with zero attached hydrogens (tertiary/aromatic N) is 2. The second kappa shape index (κ2) is 9.61. The molecule has 0 heterocycles. The van der Waals surface area contributed by atoms with Gasteiger partial charge in [-0.3, -0.25) is 0 Å². The van der Waals surface area contributed by atoms with Crippen molar-refractivity contribution < 1.29 is 4.74 Å². The Bertz CT molecular complexity index is 366. The summed E-state index contributed by atoms with van der Waals surface area (Å²) in [6, 6.07) is 8.13. The van der Waals surface area contributed by atoms with E-state index in [2.05, 4.69) is 42.1 Å². The van der Waals surface area contributed by atoms with Crippen LogP contribution in [0.5, 0.6) is 5.75 Å². The van der Waals surface area contributed by atoms with Gasteiger partial charge < -0.3 is 19.9 Å². The number of likely N-dealkylation sites (N-methyl/N-ethyl adjacent to an activating group) is 2. The van der Waals surface area contributed by atoms with Gasteiger partial charge in [-0.2, -0.15) is 0 Å². The van der Waals surface area contributed by atoms with Gasteiger partial charge in [0.1, 0.15) is 5.75 Å². The second-order valence-electron chi connectivity index (χ2n) is 4.87. The zero-order chi connectivity index (χ0) is 14.8. The molecule has 1 aromatic carbocycles. The summed E-state index contributed by atoms with van der Waals surface area (Å²) in [5.41, 5.74) is 1.14. The molecule has 0 aliphatic heterocycles. The Balaban J connectivity index is 2.28. The molecule has 0 bridgehead atoms. The highest BCUT2D eigenvalue weighted by Crippen LogP contribution is 2.25. The first kappa shape index (κ1) is 16.8. The molecule has 0 aromatic heterocycles. The maximum absolute atomic E-state index is 5.39. The lowest BCUT2D eigenvalue weighted by Gasteiger charge is -2.22. The highest BCUT2D eigenvalue weighted by atomic mass is 16.5. The molecular formula is C16H29N3O. The van der Waals surface area contributed by atoms with Gasteiger partial charge in [0.2, 0.25) is 0 Å². The molecule has 0 fully saturated rings. The lowest BCUT2D eigenvalue weighted by Crippen LogP contribution is -2.35. The van der Waals surface area contributed by atoms with E-state index < -0.39 is 0 Å². The Labute approximate surface area is 123 Å². The third-order valence-electron chi connectivity index (χ3n) is 3.62. The van der Waals surface area contributed by atoms with Crippen LogP contribution in [-0.2, 0) is 0 Å². The van der Waals surface area contributed by atoms with E-state index >= 15 is 0 Å². The zero-order valence-electron chi connectivity index (χ0n) is 13.4. The van der Waals surface area contributed by atoms with Gasteiger partial charge in [-0.05, 0) is 25.2 Å². The van der Waals surface area contributed by atoms with Crippen LogP contribution in [0.15, 0.2) is 24.3 Å². The van der Waals surface area contributed by atoms with Crippen molar-refractivity contribution in [3.05, 3.63) is 24.3 Å². The van der Waals surface area contributed by atoms with Crippen molar-refractivity contribution in [2.45, 2.75) is 13.8 Å². The van der Waals surface area contributed by atoms with Crippen LogP contribution in [0, 0.1) is 0 Å². The summed E-state index contributed by atoms with van der Waals surface area (Å²) in [4.78, 5) is 4.65. The van der Waals surface area contributed by atoms with Crippen LogP contribution in [0.3, 0.4) is 0 Å². The molecule has 0 radical (unpaired) electrons. The third kappa shape index (κ3) is 5.39. The Hall–Kier alpha value is -1.26. The molecule has 0 saturated carbocycles. The predicted molar refractivity (Wildman–Crippen MR) is 86.9 cm³/mol. The molecule has 0 atom stereocenters. The second-order valence-corrected chi connectivity index (χ2v) is 4.87. The standard InChI is InChI=1S/C16H29N3O/c1-5-19(6-2)14-12-17-11-13-18(3)15-9-7-8-10-16(15)20-4/h7-10,17H,5-6,11-14H2,1-4H3. The molecule has 0 saturated heterocycles. The predicted octanol–water partition coefficient (Wildman–Crippen LogP) is 2.06. The molecule has 1 aromatic rings. The molecule has 114 valence electrons. The van der Waals surface area contributed by atoms with E-state index in [0.717, 1.165) is 50.7 Å². The number of hydrogen-bond donors (Lipinski definition) is 1.